The lowest BCUT2D eigenvalue weighted by Crippen LogP contribution is -2.47. The van der Waals surface area contributed by atoms with E-state index in [1.54, 1.807) is 12.3 Å². The van der Waals surface area contributed by atoms with Crippen molar-refractivity contribution in [3.63, 3.8) is 0 Å². The Labute approximate surface area is 176 Å². The van der Waals surface area contributed by atoms with Gasteiger partial charge in [-0.1, -0.05) is 6.07 Å². The molecule has 2 N–H and O–H groups in total. The molecule has 0 bridgehead atoms. The Hall–Kier alpha value is -3.37. The molecule has 5 rings (SSSR count). The van der Waals surface area contributed by atoms with E-state index in [9.17, 15) is 18.7 Å². The first-order valence-corrected chi connectivity index (χ1v) is 9.84. The number of aliphatic hydroxyl groups excluding tert-OH is 1. The zero-order valence-corrected chi connectivity index (χ0v) is 16.4. The fraction of sp³-hybridized carbons (Fsp3) is 0.286. The van der Waals surface area contributed by atoms with Crippen molar-refractivity contribution in [3.8, 4) is 16.9 Å². The van der Waals surface area contributed by atoms with Gasteiger partial charge >= 0.3 is 0 Å². The summed E-state index contributed by atoms with van der Waals surface area (Å²) < 4.78 is 35.7. The molecule has 31 heavy (non-hydrogen) atoms. The van der Waals surface area contributed by atoms with E-state index >= 15 is 0 Å². The molecule has 1 aromatic carbocycles. The predicted octanol–water partition coefficient (Wildman–Crippen LogP) is 1.65. The lowest BCUT2D eigenvalue weighted by Gasteiger charge is -2.34. The number of aliphatic hydroxyl groups is 1. The van der Waals surface area contributed by atoms with Crippen molar-refractivity contribution in [3.05, 3.63) is 59.4 Å². The number of pyridine rings is 1. The standard InChI is InChI=1S/C21H19F2N5O3/c22-13-2-1-3-14(23)19(13)15-8-17(20-16(25-15)9-24-21(20)30)28-5-4-18(26-28)27-6-7-31-11-12(27)10-29/h1-5,8,12,29H,6-7,9-11H2,(H,24,30). The van der Waals surface area contributed by atoms with Gasteiger partial charge in [0.15, 0.2) is 5.82 Å². The Bertz CT molecular complexity index is 1150. The fourth-order valence-corrected chi connectivity index (χ4v) is 3.97. The molecule has 1 unspecified atom stereocenters. The second-order valence-corrected chi connectivity index (χ2v) is 7.35. The largest absolute Gasteiger partial charge is 0.394 e. The van der Waals surface area contributed by atoms with Crippen LogP contribution in [0, 0.1) is 11.6 Å². The van der Waals surface area contributed by atoms with Gasteiger partial charge in [-0.3, -0.25) is 4.79 Å². The van der Waals surface area contributed by atoms with Gasteiger partial charge in [-0.25, -0.2) is 18.4 Å². The molecule has 1 atom stereocenters. The SMILES string of the molecule is O=C1NCc2nc(-c3c(F)cccc3F)cc(-n3ccc(N4CCOCC4CO)n3)c21. The number of amides is 1. The molecule has 0 radical (unpaired) electrons. The summed E-state index contributed by atoms with van der Waals surface area (Å²) in [5, 5.41) is 16.9. The van der Waals surface area contributed by atoms with Gasteiger partial charge < -0.3 is 20.1 Å². The quantitative estimate of drug-likeness (QED) is 0.658. The van der Waals surface area contributed by atoms with E-state index in [2.05, 4.69) is 15.4 Å². The first kappa shape index (κ1) is 19.6. The topological polar surface area (TPSA) is 92.5 Å². The summed E-state index contributed by atoms with van der Waals surface area (Å²) >= 11 is 0. The van der Waals surface area contributed by atoms with Crippen LogP contribution < -0.4 is 10.2 Å². The first-order chi connectivity index (χ1) is 15.1. The van der Waals surface area contributed by atoms with Gasteiger partial charge in [0.25, 0.3) is 5.91 Å². The van der Waals surface area contributed by atoms with E-state index in [0.29, 0.717) is 42.5 Å². The van der Waals surface area contributed by atoms with Crippen molar-refractivity contribution < 1.29 is 23.4 Å². The number of carbonyl (C=O) groups is 1. The van der Waals surface area contributed by atoms with Crippen LogP contribution >= 0.6 is 0 Å². The number of hydrogen-bond donors (Lipinski definition) is 2. The summed E-state index contributed by atoms with van der Waals surface area (Å²) in [6.07, 6.45) is 1.67. The molecule has 10 heteroatoms. The van der Waals surface area contributed by atoms with Crippen LogP contribution in [0.4, 0.5) is 14.6 Å². The minimum absolute atomic E-state index is 0.0810. The number of benzene rings is 1. The number of carbonyl (C=O) groups excluding carboxylic acids is 1. The number of ether oxygens (including phenoxy) is 1. The van der Waals surface area contributed by atoms with Crippen LogP contribution in [0.5, 0.6) is 0 Å². The minimum Gasteiger partial charge on any atom is -0.394 e. The van der Waals surface area contributed by atoms with Gasteiger partial charge in [0.1, 0.15) is 11.6 Å². The lowest BCUT2D eigenvalue weighted by atomic mass is 10.1. The van der Waals surface area contributed by atoms with Crippen LogP contribution in [0.1, 0.15) is 16.1 Å². The molecular weight excluding hydrogens is 408 g/mol. The number of anilines is 1. The van der Waals surface area contributed by atoms with Crippen LogP contribution in [-0.4, -0.2) is 58.2 Å². The molecule has 0 saturated carbocycles. The molecule has 0 spiro atoms. The summed E-state index contributed by atoms with van der Waals surface area (Å²) in [4.78, 5) is 18.7. The van der Waals surface area contributed by atoms with Gasteiger partial charge in [0, 0.05) is 18.8 Å². The molecule has 1 saturated heterocycles. The van der Waals surface area contributed by atoms with Crippen molar-refractivity contribution >= 4 is 11.7 Å². The average Bonchev–Trinajstić information content (AvgIpc) is 3.41. The summed E-state index contributed by atoms with van der Waals surface area (Å²) in [5.74, 6) is -1.20. The molecule has 160 valence electrons. The Balaban J connectivity index is 1.62. The predicted molar refractivity (Wildman–Crippen MR) is 107 cm³/mol. The zero-order valence-electron chi connectivity index (χ0n) is 16.4. The molecule has 4 heterocycles. The van der Waals surface area contributed by atoms with E-state index in [1.165, 1.54) is 16.8 Å². The van der Waals surface area contributed by atoms with E-state index < -0.39 is 11.6 Å². The smallest absolute Gasteiger partial charge is 0.255 e. The highest BCUT2D eigenvalue weighted by atomic mass is 19.1. The molecule has 3 aromatic rings. The summed E-state index contributed by atoms with van der Waals surface area (Å²) in [7, 11) is 0. The third kappa shape index (κ3) is 3.33. The van der Waals surface area contributed by atoms with Gasteiger partial charge in [-0.05, 0) is 18.2 Å². The van der Waals surface area contributed by atoms with Gasteiger partial charge in [0.05, 0.1) is 60.6 Å². The Morgan fingerprint density at radius 3 is 2.81 bits per heavy atom. The maximum absolute atomic E-state index is 14.4. The average molecular weight is 427 g/mol. The molecule has 1 amide bonds. The Kier molecular flexibility index (Phi) is 4.87. The molecule has 8 nitrogen and oxygen atoms in total. The lowest BCUT2D eigenvalue weighted by molar-refractivity contribution is 0.0722. The van der Waals surface area contributed by atoms with Crippen molar-refractivity contribution in [2.45, 2.75) is 12.6 Å². The second kappa shape index (κ2) is 7.71. The number of nitrogens with one attached hydrogen (secondary N) is 1. The molecule has 2 aliphatic heterocycles. The maximum Gasteiger partial charge on any atom is 0.255 e. The summed E-state index contributed by atoms with van der Waals surface area (Å²) in [6.45, 7) is 1.52. The van der Waals surface area contributed by atoms with E-state index in [4.69, 9.17) is 4.74 Å². The molecule has 0 aliphatic carbocycles. The third-order valence-electron chi connectivity index (χ3n) is 5.49. The van der Waals surface area contributed by atoms with Gasteiger partial charge in [-0.2, -0.15) is 5.10 Å². The van der Waals surface area contributed by atoms with E-state index in [-0.39, 0.29) is 36.4 Å². The van der Waals surface area contributed by atoms with Gasteiger partial charge in [-0.15, -0.1) is 0 Å². The van der Waals surface area contributed by atoms with Crippen LogP contribution in [0.15, 0.2) is 36.5 Å². The fourth-order valence-electron chi connectivity index (χ4n) is 3.97. The molecular formula is C21H19F2N5O3. The summed E-state index contributed by atoms with van der Waals surface area (Å²) in [5.41, 5.74) is 0.912. The molecule has 2 aliphatic rings. The number of hydrogen-bond acceptors (Lipinski definition) is 6. The summed E-state index contributed by atoms with van der Waals surface area (Å²) in [6, 6.07) is 6.60. The number of aromatic nitrogens is 3. The third-order valence-corrected chi connectivity index (χ3v) is 5.49. The van der Waals surface area contributed by atoms with Crippen LogP contribution in [0.3, 0.4) is 0 Å². The highest BCUT2D eigenvalue weighted by molar-refractivity contribution is 6.01. The highest BCUT2D eigenvalue weighted by Crippen LogP contribution is 2.31. The molecule has 1 fully saturated rings. The van der Waals surface area contributed by atoms with Crippen molar-refractivity contribution in [1.82, 2.24) is 20.1 Å². The monoisotopic (exact) mass is 427 g/mol. The van der Waals surface area contributed by atoms with Gasteiger partial charge in [0.2, 0.25) is 0 Å². The number of morpholine rings is 1. The number of nitrogens with zero attached hydrogens (tertiary/aromatic N) is 4. The number of rotatable bonds is 4. The molecule has 2 aromatic heterocycles. The number of halogens is 2. The second-order valence-electron chi connectivity index (χ2n) is 7.35. The Morgan fingerprint density at radius 2 is 2.03 bits per heavy atom. The van der Waals surface area contributed by atoms with Crippen LogP contribution in [0.2, 0.25) is 0 Å². The van der Waals surface area contributed by atoms with Crippen molar-refractivity contribution in [2.75, 3.05) is 31.3 Å². The van der Waals surface area contributed by atoms with Crippen molar-refractivity contribution in [1.29, 1.82) is 0 Å². The maximum atomic E-state index is 14.4. The van der Waals surface area contributed by atoms with Crippen LogP contribution in [0.25, 0.3) is 16.9 Å². The normalized spacial score (nSPS) is 18.2. The zero-order chi connectivity index (χ0) is 21.5. The highest BCUT2D eigenvalue weighted by Gasteiger charge is 2.29. The van der Waals surface area contributed by atoms with Crippen LogP contribution in [-0.2, 0) is 11.3 Å². The number of fused-ring (bicyclic) bond motifs is 1. The Morgan fingerprint density at radius 1 is 1.23 bits per heavy atom. The first-order valence-electron chi connectivity index (χ1n) is 9.84. The minimum atomic E-state index is -0.740. The van der Waals surface area contributed by atoms with Crippen molar-refractivity contribution in [2.24, 2.45) is 0 Å². The van der Waals surface area contributed by atoms with E-state index in [1.807, 2.05) is 4.90 Å². The van der Waals surface area contributed by atoms with E-state index in [0.717, 1.165) is 12.1 Å².